The third-order valence-corrected chi connectivity index (χ3v) is 4.58. The lowest BCUT2D eigenvalue weighted by atomic mass is 9.82. The SMILES string of the molecule is O=C1NC2=C(CCc3ccccc32)C(c2ccccc2[N+](=O)[O-])N1. The number of fused-ring (bicyclic) bond motifs is 2. The Labute approximate surface area is 138 Å². The number of para-hydroxylation sites is 1. The number of benzene rings is 2. The second kappa shape index (κ2) is 5.49. The molecule has 0 radical (unpaired) electrons. The van der Waals surface area contributed by atoms with Crippen LogP contribution in [-0.4, -0.2) is 11.0 Å². The number of carbonyl (C=O) groups excluding carboxylic acids is 1. The molecule has 0 aromatic heterocycles. The summed E-state index contributed by atoms with van der Waals surface area (Å²) in [5.41, 5.74) is 4.49. The molecule has 6 heteroatoms. The fourth-order valence-electron chi connectivity index (χ4n) is 3.52. The summed E-state index contributed by atoms with van der Waals surface area (Å²) in [5.74, 6) is 0. The van der Waals surface area contributed by atoms with E-state index >= 15 is 0 Å². The summed E-state index contributed by atoms with van der Waals surface area (Å²) < 4.78 is 0. The molecule has 1 atom stereocenters. The van der Waals surface area contributed by atoms with Crippen LogP contribution < -0.4 is 10.6 Å². The van der Waals surface area contributed by atoms with Gasteiger partial charge in [-0.1, -0.05) is 36.4 Å². The van der Waals surface area contributed by atoms with Gasteiger partial charge in [0.2, 0.25) is 0 Å². The van der Waals surface area contributed by atoms with Crippen LogP contribution in [0.25, 0.3) is 5.70 Å². The van der Waals surface area contributed by atoms with Gasteiger partial charge in [0.05, 0.1) is 22.2 Å². The van der Waals surface area contributed by atoms with Crippen LogP contribution in [0.2, 0.25) is 0 Å². The van der Waals surface area contributed by atoms with Gasteiger partial charge in [-0.2, -0.15) is 0 Å². The highest BCUT2D eigenvalue weighted by molar-refractivity contribution is 5.91. The Hall–Kier alpha value is -3.15. The fraction of sp³-hybridized carbons (Fsp3) is 0.167. The first-order valence-corrected chi connectivity index (χ1v) is 7.77. The Bertz CT molecular complexity index is 889. The average molecular weight is 321 g/mol. The number of rotatable bonds is 2. The van der Waals surface area contributed by atoms with Crippen molar-refractivity contribution in [3.05, 3.63) is 80.9 Å². The molecule has 2 aliphatic rings. The summed E-state index contributed by atoms with van der Waals surface area (Å²) >= 11 is 0. The molecule has 1 heterocycles. The molecule has 6 nitrogen and oxygen atoms in total. The summed E-state index contributed by atoms with van der Waals surface area (Å²) in [6, 6.07) is 13.7. The second-order valence-corrected chi connectivity index (χ2v) is 5.90. The lowest BCUT2D eigenvalue weighted by Crippen LogP contribution is -2.44. The zero-order chi connectivity index (χ0) is 16.7. The second-order valence-electron chi connectivity index (χ2n) is 5.90. The van der Waals surface area contributed by atoms with E-state index in [4.69, 9.17) is 0 Å². The average Bonchev–Trinajstić information content (AvgIpc) is 2.61. The first-order valence-electron chi connectivity index (χ1n) is 7.77. The number of aryl methyl sites for hydroxylation is 1. The Kier molecular flexibility index (Phi) is 3.30. The van der Waals surface area contributed by atoms with Gasteiger partial charge in [0.15, 0.2) is 0 Å². The lowest BCUT2D eigenvalue weighted by Gasteiger charge is -2.34. The Balaban J connectivity index is 1.89. The Morgan fingerprint density at radius 3 is 2.62 bits per heavy atom. The molecular formula is C18H15N3O3. The molecule has 0 spiro atoms. The van der Waals surface area contributed by atoms with Crippen molar-refractivity contribution < 1.29 is 9.72 Å². The van der Waals surface area contributed by atoms with Gasteiger partial charge in [-0.15, -0.1) is 0 Å². The molecule has 1 unspecified atom stereocenters. The van der Waals surface area contributed by atoms with Crippen LogP contribution in [0.4, 0.5) is 10.5 Å². The molecule has 0 saturated carbocycles. The van der Waals surface area contributed by atoms with Gasteiger partial charge in [-0.05, 0) is 30.0 Å². The molecule has 2 N–H and O–H groups in total. The van der Waals surface area contributed by atoms with Crippen molar-refractivity contribution in [3.63, 3.8) is 0 Å². The van der Waals surface area contributed by atoms with Gasteiger partial charge in [0, 0.05) is 11.6 Å². The smallest absolute Gasteiger partial charge is 0.320 e. The number of hydrogen-bond donors (Lipinski definition) is 2. The minimum Gasteiger partial charge on any atom is -0.327 e. The van der Waals surface area contributed by atoms with E-state index in [2.05, 4.69) is 10.6 Å². The van der Waals surface area contributed by atoms with Gasteiger partial charge in [-0.25, -0.2) is 4.79 Å². The summed E-state index contributed by atoms with van der Waals surface area (Å²) in [5, 5.41) is 17.1. The van der Waals surface area contributed by atoms with Crippen molar-refractivity contribution >= 4 is 17.4 Å². The zero-order valence-corrected chi connectivity index (χ0v) is 12.8. The number of carbonyl (C=O) groups is 1. The topological polar surface area (TPSA) is 84.3 Å². The van der Waals surface area contributed by atoms with E-state index in [0.29, 0.717) is 5.56 Å². The minimum absolute atomic E-state index is 0.0235. The third kappa shape index (κ3) is 2.23. The normalized spacial score (nSPS) is 19.0. The van der Waals surface area contributed by atoms with Crippen molar-refractivity contribution in [2.24, 2.45) is 0 Å². The minimum atomic E-state index is -0.483. The number of nitro groups is 1. The van der Waals surface area contributed by atoms with E-state index in [9.17, 15) is 14.9 Å². The molecule has 120 valence electrons. The highest BCUT2D eigenvalue weighted by atomic mass is 16.6. The van der Waals surface area contributed by atoms with Gasteiger partial charge in [0.1, 0.15) is 0 Å². The first-order chi connectivity index (χ1) is 11.6. The summed E-state index contributed by atoms with van der Waals surface area (Å²) in [6.45, 7) is 0. The molecule has 24 heavy (non-hydrogen) atoms. The molecule has 2 amide bonds. The van der Waals surface area contributed by atoms with E-state index in [1.54, 1.807) is 18.2 Å². The highest BCUT2D eigenvalue weighted by Crippen LogP contribution is 2.40. The van der Waals surface area contributed by atoms with Crippen molar-refractivity contribution in [3.8, 4) is 0 Å². The molecule has 0 fully saturated rings. The maximum absolute atomic E-state index is 12.2. The highest BCUT2D eigenvalue weighted by Gasteiger charge is 2.34. The maximum Gasteiger partial charge on any atom is 0.320 e. The largest absolute Gasteiger partial charge is 0.327 e. The van der Waals surface area contributed by atoms with Crippen LogP contribution in [0.1, 0.15) is 29.2 Å². The number of amides is 2. The van der Waals surface area contributed by atoms with E-state index in [0.717, 1.165) is 29.7 Å². The predicted octanol–water partition coefficient (Wildman–Crippen LogP) is 3.31. The number of nitrogens with zero attached hydrogens (tertiary/aromatic N) is 1. The monoisotopic (exact) mass is 321 g/mol. The van der Waals surface area contributed by atoms with Crippen LogP contribution in [0, 0.1) is 10.1 Å². The van der Waals surface area contributed by atoms with Crippen molar-refractivity contribution in [1.82, 2.24) is 10.6 Å². The number of nitrogens with one attached hydrogen (secondary N) is 2. The predicted molar refractivity (Wildman–Crippen MR) is 89.2 cm³/mol. The van der Waals surface area contributed by atoms with Crippen LogP contribution in [0.15, 0.2) is 54.1 Å². The lowest BCUT2D eigenvalue weighted by molar-refractivity contribution is -0.385. The molecule has 1 aliphatic carbocycles. The molecule has 2 aromatic rings. The molecule has 1 aliphatic heterocycles. The van der Waals surface area contributed by atoms with E-state index in [1.165, 1.54) is 11.6 Å². The van der Waals surface area contributed by atoms with Gasteiger partial charge in [0.25, 0.3) is 5.69 Å². The van der Waals surface area contributed by atoms with Crippen LogP contribution in [0.5, 0.6) is 0 Å². The Morgan fingerprint density at radius 1 is 1.04 bits per heavy atom. The maximum atomic E-state index is 12.2. The summed E-state index contributed by atoms with van der Waals surface area (Å²) in [6.07, 6.45) is 1.60. The van der Waals surface area contributed by atoms with Gasteiger partial charge in [-0.3, -0.25) is 10.1 Å². The standard InChI is InChI=1S/C18H15N3O3/c22-18-19-16-12-6-2-1-5-11(12)9-10-14(16)17(20-18)13-7-3-4-8-15(13)21(23)24/h1-8,17H,9-10H2,(H2,19,20,22). The number of hydrogen-bond acceptors (Lipinski definition) is 3. The van der Waals surface area contributed by atoms with Crippen LogP contribution in [-0.2, 0) is 6.42 Å². The first kappa shape index (κ1) is 14.4. The number of urea groups is 1. The van der Waals surface area contributed by atoms with E-state index in [-0.39, 0.29) is 11.7 Å². The molecule has 0 saturated heterocycles. The van der Waals surface area contributed by atoms with Crippen LogP contribution in [0.3, 0.4) is 0 Å². The third-order valence-electron chi connectivity index (χ3n) is 4.58. The molecule has 2 aromatic carbocycles. The Morgan fingerprint density at radius 2 is 1.79 bits per heavy atom. The summed E-state index contributed by atoms with van der Waals surface area (Å²) in [4.78, 5) is 23.1. The van der Waals surface area contributed by atoms with Crippen molar-refractivity contribution in [2.75, 3.05) is 0 Å². The molecule has 0 bridgehead atoms. The van der Waals surface area contributed by atoms with Crippen LogP contribution >= 0.6 is 0 Å². The van der Waals surface area contributed by atoms with E-state index < -0.39 is 11.0 Å². The number of nitro benzene ring substituents is 1. The summed E-state index contributed by atoms with van der Waals surface area (Å²) in [7, 11) is 0. The quantitative estimate of drug-likeness (QED) is 0.657. The zero-order valence-electron chi connectivity index (χ0n) is 12.8. The van der Waals surface area contributed by atoms with Crippen molar-refractivity contribution in [1.29, 1.82) is 0 Å². The van der Waals surface area contributed by atoms with Gasteiger partial charge < -0.3 is 10.6 Å². The fourth-order valence-corrected chi connectivity index (χ4v) is 3.52. The molecular weight excluding hydrogens is 306 g/mol. The van der Waals surface area contributed by atoms with Crippen molar-refractivity contribution in [2.45, 2.75) is 18.9 Å². The molecule has 4 rings (SSSR count). The van der Waals surface area contributed by atoms with Gasteiger partial charge >= 0.3 is 6.03 Å². The van der Waals surface area contributed by atoms with E-state index in [1.807, 2.05) is 24.3 Å².